The van der Waals surface area contributed by atoms with Crippen molar-refractivity contribution in [3.63, 3.8) is 0 Å². The van der Waals surface area contributed by atoms with Crippen LogP contribution < -0.4 is 5.32 Å². The fraction of sp³-hybridized carbons (Fsp3) is 0.385. The van der Waals surface area contributed by atoms with Crippen LogP contribution in [0.5, 0.6) is 0 Å². The Hall–Kier alpha value is -1.11. The number of aryl methyl sites for hydroxylation is 1. The minimum Gasteiger partial charge on any atom is -0.379 e. The van der Waals surface area contributed by atoms with Crippen molar-refractivity contribution in [1.29, 1.82) is 0 Å². The Morgan fingerprint density at radius 2 is 2.37 bits per heavy atom. The van der Waals surface area contributed by atoms with Crippen molar-refractivity contribution in [3.8, 4) is 0 Å². The number of thiazole rings is 1. The summed E-state index contributed by atoms with van der Waals surface area (Å²) in [6.45, 7) is 2.02. The molecule has 0 bridgehead atoms. The van der Waals surface area contributed by atoms with E-state index in [1.54, 1.807) is 11.8 Å². The first kappa shape index (κ1) is 12.9. The third-order valence-electron chi connectivity index (χ3n) is 3.19. The molecule has 1 fully saturated rings. The Balaban J connectivity index is 1.83. The van der Waals surface area contributed by atoms with Crippen molar-refractivity contribution in [2.75, 3.05) is 16.8 Å². The zero-order chi connectivity index (χ0) is 13.5. The molecule has 100 valence electrons. The van der Waals surface area contributed by atoms with Gasteiger partial charge >= 0.3 is 0 Å². The van der Waals surface area contributed by atoms with Gasteiger partial charge in [-0.1, -0.05) is 17.4 Å². The van der Waals surface area contributed by atoms with Gasteiger partial charge in [-0.25, -0.2) is 4.98 Å². The lowest BCUT2D eigenvalue weighted by atomic mass is 10.0. The van der Waals surface area contributed by atoms with Crippen molar-refractivity contribution < 1.29 is 9.90 Å². The van der Waals surface area contributed by atoms with Crippen LogP contribution in [0.1, 0.15) is 12.0 Å². The van der Waals surface area contributed by atoms with Crippen LogP contribution in [0, 0.1) is 6.92 Å². The number of benzene rings is 1. The second kappa shape index (κ2) is 4.77. The number of thioether (sulfide) groups is 1. The van der Waals surface area contributed by atoms with E-state index in [4.69, 9.17) is 0 Å². The van der Waals surface area contributed by atoms with Crippen LogP contribution in [0.4, 0.5) is 5.13 Å². The standard InChI is InChI=1S/C13H14N2O2S2/c1-8-2-3-9-10(6-8)19-12(14-9)15-11(16)13(17)4-5-18-7-13/h2-3,6,17H,4-5,7H2,1H3,(H,14,15,16). The van der Waals surface area contributed by atoms with Crippen LogP contribution in [-0.4, -0.2) is 33.1 Å². The SMILES string of the molecule is Cc1ccc2nc(NC(=O)C3(O)CCSC3)sc2c1. The summed E-state index contributed by atoms with van der Waals surface area (Å²) in [5.74, 6) is 0.944. The number of hydrogen-bond donors (Lipinski definition) is 2. The number of rotatable bonds is 2. The highest BCUT2D eigenvalue weighted by Gasteiger charge is 2.39. The van der Waals surface area contributed by atoms with Crippen LogP contribution in [0.3, 0.4) is 0 Å². The van der Waals surface area contributed by atoms with Crippen molar-refractivity contribution in [3.05, 3.63) is 23.8 Å². The number of nitrogens with one attached hydrogen (secondary N) is 1. The Morgan fingerprint density at radius 1 is 1.53 bits per heavy atom. The predicted octanol–water partition coefficient (Wildman–Crippen LogP) is 2.41. The van der Waals surface area contributed by atoms with Gasteiger partial charge in [-0.3, -0.25) is 10.1 Å². The molecule has 1 unspecified atom stereocenters. The van der Waals surface area contributed by atoms with E-state index in [1.165, 1.54) is 16.9 Å². The zero-order valence-corrected chi connectivity index (χ0v) is 12.1. The number of carbonyl (C=O) groups excluding carboxylic acids is 1. The molecule has 2 heterocycles. The molecule has 0 aliphatic carbocycles. The molecule has 3 rings (SSSR count). The number of fused-ring (bicyclic) bond motifs is 1. The Morgan fingerprint density at radius 3 is 3.11 bits per heavy atom. The van der Waals surface area contributed by atoms with Gasteiger partial charge in [0, 0.05) is 5.75 Å². The molecule has 1 aromatic carbocycles. The molecule has 1 amide bonds. The van der Waals surface area contributed by atoms with E-state index in [1.807, 2.05) is 25.1 Å². The summed E-state index contributed by atoms with van der Waals surface area (Å²) in [5, 5.41) is 13.5. The Labute approximate surface area is 119 Å². The van der Waals surface area contributed by atoms with Crippen molar-refractivity contribution in [2.45, 2.75) is 18.9 Å². The van der Waals surface area contributed by atoms with Gasteiger partial charge in [-0.15, -0.1) is 0 Å². The van der Waals surface area contributed by atoms with Crippen LogP contribution in [0.15, 0.2) is 18.2 Å². The first-order valence-corrected chi connectivity index (χ1v) is 8.03. The lowest BCUT2D eigenvalue weighted by Gasteiger charge is -2.18. The molecule has 1 aromatic heterocycles. The fourth-order valence-corrected chi connectivity index (χ4v) is 4.23. The predicted molar refractivity (Wildman–Crippen MR) is 79.9 cm³/mol. The average Bonchev–Trinajstić information content (AvgIpc) is 2.95. The first-order chi connectivity index (χ1) is 9.07. The van der Waals surface area contributed by atoms with E-state index >= 15 is 0 Å². The number of carbonyl (C=O) groups is 1. The molecule has 1 saturated heterocycles. The Bertz CT molecular complexity index is 633. The van der Waals surface area contributed by atoms with Gasteiger partial charge in [0.1, 0.15) is 0 Å². The molecule has 0 saturated carbocycles. The minimum atomic E-state index is -1.24. The number of hydrogen-bond acceptors (Lipinski definition) is 5. The summed E-state index contributed by atoms with van der Waals surface area (Å²) in [5.41, 5.74) is 0.803. The molecular weight excluding hydrogens is 280 g/mol. The van der Waals surface area contributed by atoms with Gasteiger partial charge in [0.05, 0.1) is 10.2 Å². The molecule has 2 aromatic rings. The number of nitrogens with zero attached hydrogens (tertiary/aromatic N) is 1. The van der Waals surface area contributed by atoms with Crippen LogP contribution in [0.25, 0.3) is 10.2 Å². The molecule has 19 heavy (non-hydrogen) atoms. The van der Waals surface area contributed by atoms with Gasteiger partial charge in [0.15, 0.2) is 10.7 Å². The fourth-order valence-electron chi connectivity index (χ4n) is 2.03. The number of amides is 1. The highest BCUT2D eigenvalue weighted by atomic mass is 32.2. The maximum Gasteiger partial charge on any atom is 0.259 e. The smallest absolute Gasteiger partial charge is 0.259 e. The molecular formula is C13H14N2O2S2. The first-order valence-electron chi connectivity index (χ1n) is 6.06. The molecule has 4 nitrogen and oxygen atoms in total. The van der Waals surface area contributed by atoms with E-state index < -0.39 is 5.60 Å². The summed E-state index contributed by atoms with van der Waals surface area (Å²) in [7, 11) is 0. The number of aliphatic hydroxyl groups is 1. The summed E-state index contributed by atoms with van der Waals surface area (Å²) < 4.78 is 1.04. The maximum absolute atomic E-state index is 12.1. The largest absolute Gasteiger partial charge is 0.379 e. The van der Waals surface area contributed by atoms with Gasteiger partial charge in [0.25, 0.3) is 5.91 Å². The molecule has 2 N–H and O–H groups in total. The summed E-state index contributed by atoms with van der Waals surface area (Å²) in [6.07, 6.45) is 0.507. The average molecular weight is 294 g/mol. The van der Waals surface area contributed by atoms with E-state index in [-0.39, 0.29) is 5.91 Å². The summed E-state index contributed by atoms with van der Waals surface area (Å²) >= 11 is 3.04. The van der Waals surface area contributed by atoms with Crippen LogP contribution in [0.2, 0.25) is 0 Å². The summed E-state index contributed by atoms with van der Waals surface area (Å²) in [6, 6.07) is 5.98. The normalized spacial score (nSPS) is 22.8. The molecule has 6 heteroatoms. The quantitative estimate of drug-likeness (QED) is 0.893. The van der Waals surface area contributed by atoms with Crippen molar-refractivity contribution in [1.82, 2.24) is 4.98 Å². The monoisotopic (exact) mass is 294 g/mol. The van der Waals surface area contributed by atoms with Gasteiger partial charge in [-0.05, 0) is 36.8 Å². The number of aromatic nitrogens is 1. The molecule has 1 aliphatic heterocycles. The van der Waals surface area contributed by atoms with Gasteiger partial charge in [0.2, 0.25) is 0 Å². The zero-order valence-electron chi connectivity index (χ0n) is 10.5. The minimum absolute atomic E-state index is 0.340. The van der Waals surface area contributed by atoms with E-state index in [0.29, 0.717) is 17.3 Å². The molecule has 1 atom stereocenters. The van der Waals surface area contributed by atoms with E-state index in [9.17, 15) is 9.90 Å². The lowest BCUT2D eigenvalue weighted by molar-refractivity contribution is -0.131. The lowest BCUT2D eigenvalue weighted by Crippen LogP contribution is -2.42. The third-order valence-corrected chi connectivity index (χ3v) is 5.30. The summed E-state index contributed by atoms with van der Waals surface area (Å²) in [4.78, 5) is 16.4. The third kappa shape index (κ3) is 2.48. The van der Waals surface area contributed by atoms with Crippen molar-refractivity contribution in [2.24, 2.45) is 0 Å². The van der Waals surface area contributed by atoms with E-state index in [0.717, 1.165) is 16.0 Å². The second-order valence-corrected chi connectivity index (χ2v) is 6.91. The van der Waals surface area contributed by atoms with E-state index in [2.05, 4.69) is 10.3 Å². The number of anilines is 1. The molecule has 0 radical (unpaired) electrons. The topological polar surface area (TPSA) is 62.2 Å². The van der Waals surface area contributed by atoms with Crippen LogP contribution >= 0.6 is 23.1 Å². The highest BCUT2D eigenvalue weighted by Crippen LogP contribution is 2.31. The highest BCUT2D eigenvalue weighted by molar-refractivity contribution is 7.99. The molecule has 1 aliphatic rings. The Kier molecular flexibility index (Phi) is 3.24. The maximum atomic E-state index is 12.1. The second-order valence-electron chi connectivity index (χ2n) is 4.78. The van der Waals surface area contributed by atoms with Gasteiger partial charge < -0.3 is 5.11 Å². The van der Waals surface area contributed by atoms with Crippen LogP contribution in [-0.2, 0) is 4.79 Å². The van der Waals surface area contributed by atoms with Crippen molar-refractivity contribution >= 4 is 44.4 Å². The van der Waals surface area contributed by atoms with Gasteiger partial charge in [-0.2, -0.15) is 11.8 Å². The molecule has 0 spiro atoms.